The Morgan fingerprint density at radius 3 is 2.25 bits per heavy atom. The van der Waals surface area contributed by atoms with Crippen molar-refractivity contribution in [2.45, 2.75) is 44.3 Å². The van der Waals surface area contributed by atoms with Crippen LogP contribution in [0.1, 0.15) is 37.7 Å². The third kappa shape index (κ3) is 4.99. The van der Waals surface area contributed by atoms with E-state index >= 15 is 0 Å². The van der Waals surface area contributed by atoms with Crippen LogP contribution < -0.4 is 0 Å². The topological polar surface area (TPSA) is 86.2 Å². The first-order valence-electron chi connectivity index (χ1n) is 10.7. The van der Waals surface area contributed by atoms with Crippen LogP contribution in [0.15, 0.2) is 74.5 Å². The molecule has 0 unspecified atom stereocenters. The van der Waals surface area contributed by atoms with Crippen molar-refractivity contribution in [3.63, 3.8) is 0 Å². The number of aromatic nitrogens is 2. The molecule has 0 fully saturated rings. The van der Waals surface area contributed by atoms with Gasteiger partial charge in [-0.2, -0.15) is 4.98 Å². The smallest absolute Gasteiger partial charge is 0.293 e. The zero-order valence-corrected chi connectivity index (χ0v) is 19.2. The molecule has 32 heavy (non-hydrogen) atoms. The highest BCUT2D eigenvalue weighted by Crippen LogP contribution is 2.26. The Bertz CT molecular complexity index is 1280. The summed E-state index contributed by atoms with van der Waals surface area (Å²) in [5, 5.41) is 4.01. The fourth-order valence-electron chi connectivity index (χ4n) is 3.48. The Hall–Kier alpha value is -3.19. The molecule has 2 aromatic carbocycles. The third-order valence-electron chi connectivity index (χ3n) is 5.18. The minimum absolute atomic E-state index is 0.209. The molecule has 0 N–H and O–H groups in total. The van der Waals surface area contributed by atoms with Crippen LogP contribution in [0.3, 0.4) is 0 Å². The van der Waals surface area contributed by atoms with Crippen LogP contribution >= 0.6 is 0 Å². The van der Waals surface area contributed by atoms with Gasteiger partial charge in [-0.1, -0.05) is 62.3 Å². The largest absolute Gasteiger partial charge is 0.455 e. The van der Waals surface area contributed by atoms with E-state index < -0.39 is 9.84 Å². The number of sulfone groups is 1. The Morgan fingerprint density at radius 2 is 1.59 bits per heavy atom. The van der Waals surface area contributed by atoms with Crippen LogP contribution in [0.4, 0.5) is 0 Å². The molecule has 0 aliphatic carbocycles. The van der Waals surface area contributed by atoms with Crippen molar-refractivity contribution >= 4 is 9.84 Å². The Morgan fingerprint density at radius 1 is 0.906 bits per heavy atom. The average Bonchev–Trinajstić information content (AvgIpc) is 3.43. The number of nitrogens with zero attached hydrogens (tertiary/aromatic N) is 2. The molecular weight excluding hydrogens is 424 g/mol. The summed E-state index contributed by atoms with van der Waals surface area (Å²) >= 11 is 0. The van der Waals surface area contributed by atoms with E-state index in [0.717, 1.165) is 24.0 Å². The summed E-state index contributed by atoms with van der Waals surface area (Å²) < 4.78 is 36.7. The molecule has 0 saturated heterocycles. The number of hydrogen-bond acceptors (Lipinski definition) is 6. The van der Waals surface area contributed by atoms with Gasteiger partial charge >= 0.3 is 0 Å². The van der Waals surface area contributed by atoms with Gasteiger partial charge in [0.05, 0.1) is 4.90 Å². The first kappa shape index (κ1) is 22.0. The van der Waals surface area contributed by atoms with Crippen LogP contribution in [-0.4, -0.2) is 18.6 Å². The first-order valence-corrected chi connectivity index (χ1v) is 12.3. The van der Waals surface area contributed by atoms with Crippen molar-refractivity contribution < 1.29 is 17.4 Å². The molecule has 4 rings (SSSR count). The predicted octanol–water partition coefficient (Wildman–Crippen LogP) is 5.73. The van der Waals surface area contributed by atoms with E-state index in [1.807, 2.05) is 36.4 Å². The van der Waals surface area contributed by atoms with Gasteiger partial charge in [0, 0.05) is 5.56 Å². The quantitative estimate of drug-likeness (QED) is 0.341. The lowest BCUT2D eigenvalue weighted by molar-refractivity contribution is 0.413. The number of benzene rings is 2. The van der Waals surface area contributed by atoms with E-state index in [1.165, 1.54) is 5.56 Å². The minimum Gasteiger partial charge on any atom is -0.455 e. The summed E-state index contributed by atoms with van der Waals surface area (Å²) in [6.07, 6.45) is 1.87. The van der Waals surface area contributed by atoms with Crippen LogP contribution in [0, 0.1) is 5.92 Å². The highest BCUT2D eigenvalue weighted by Gasteiger charge is 2.20. The van der Waals surface area contributed by atoms with Crippen molar-refractivity contribution in [3.8, 4) is 23.0 Å². The molecule has 7 heteroatoms. The Balaban J connectivity index is 1.48. The van der Waals surface area contributed by atoms with Gasteiger partial charge in [0.25, 0.3) is 5.89 Å². The van der Waals surface area contributed by atoms with E-state index in [4.69, 9.17) is 8.94 Å². The van der Waals surface area contributed by atoms with Gasteiger partial charge < -0.3 is 8.94 Å². The number of furan rings is 1. The number of rotatable bonds is 8. The summed E-state index contributed by atoms with van der Waals surface area (Å²) in [7, 11) is -3.53. The summed E-state index contributed by atoms with van der Waals surface area (Å²) in [5.74, 6) is 1.59. The van der Waals surface area contributed by atoms with Gasteiger partial charge in [-0.15, -0.1) is 0 Å². The molecule has 0 atom stereocenters. The minimum atomic E-state index is -3.53. The van der Waals surface area contributed by atoms with E-state index in [9.17, 15) is 8.42 Å². The maximum Gasteiger partial charge on any atom is 0.293 e. The molecule has 0 saturated carbocycles. The zero-order valence-electron chi connectivity index (χ0n) is 18.4. The Labute approximate surface area is 188 Å². The standard InChI is InChI=1S/C25H26N2O4S/c1-4-18-5-9-20(10-6-18)24-26-25(31-27-24)23-14-11-21(30-23)16-32(28,29)22-12-7-19(8-13-22)15-17(2)3/h5-14,17H,4,15-16H2,1-3H3. The highest BCUT2D eigenvalue weighted by atomic mass is 32.2. The van der Waals surface area contributed by atoms with Gasteiger partial charge in [-0.05, 0) is 54.2 Å². The number of aryl methyl sites for hydroxylation is 1. The lowest BCUT2D eigenvalue weighted by Crippen LogP contribution is -2.04. The van der Waals surface area contributed by atoms with E-state index in [2.05, 4.69) is 30.9 Å². The predicted molar refractivity (Wildman–Crippen MR) is 123 cm³/mol. The fourth-order valence-corrected chi connectivity index (χ4v) is 4.72. The molecule has 4 aromatic rings. The first-order chi connectivity index (χ1) is 15.3. The Kier molecular flexibility index (Phi) is 6.28. The second-order valence-electron chi connectivity index (χ2n) is 8.24. The van der Waals surface area contributed by atoms with Crippen molar-refractivity contribution in [3.05, 3.63) is 77.6 Å². The summed E-state index contributed by atoms with van der Waals surface area (Å²) in [6, 6.07) is 18.3. The van der Waals surface area contributed by atoms with E-state index in [1.54, 1.807) is 24.3 Å². The summed E-state index contributed by atoms with van der Waals surface area (Å²) in [4.78, 5) is 4.66. The van der Waals surface area contributed by atoms with E-state index in [0.29, 0.717) is 23.3 Å². The van der Waals surface area contributed by atoms with Crippen LogP contribution in [0.2, 0.25) is 0 Å². The van der Waals surface area contributed by atoms with Crippen molar-refractivity contribution in [1.82, 2.24) is 10.1 Å². The molecule has 0 aliphatic rings. The molecular formula is C25H26N2O4S. The monoisotopic (exact) mass is 450 g/mol. The molecule has 0 spiro atoms. The third-order valence-corrected chi connectivity index (χ3v) is 6.83. The van der Waals surface area contributed by atoms with E-state index in [-0.39, 0.29) is 16.5 Å². The second kappa shape index (κ2) is 9.12. The maximum absolute atomic E-state index is 12.8. The fraction of sp³-hybridized carbons (Fsp3) is 0.280. The number of hydrogen-bond donors (Lipinski definition) is 0. The van der Waals surface area contributed by atoms with Crippen LogP contribution in [-0.2, 0) is 28.4 Å². The summed E-state index contributed by atoms with van der Waals surface area (Å²) in [5.41, 5.74) is 3.19. The highest BCUT2D eigenvalue weighted by molar-refractivity contribution is 7.90. The molecule has 0 bridgehead atoms. The molecule has 0 aliphatic heterocycles. The van der Waals surface area contributed by atoms with Gasteiger partial charge in [0.2, 0.25) is 5.82 Å². The molecule has 2 aromatic heterocycles. The lowest BCUT2D eigenvalue weighted by atomic mass is 10.0. The summed E-state index contributed by atoms with van der Waals surface area (Å²) in [6.45, 7) is 6.36. The second-order valence-corrected chi connectivity index (χ2v) is 10.2. The van der Waals surface area contributed by atoms with Crippen LogP contribution in [0.5, 0.6) is 0 Å². The molecule has 166 valence electrons. The molecule has 0 radical (unpaired) electrons. The normalized spacial score (nSPS) is 11.9. The SMILES string of the molecule is CCc1ccc(-c2noc(-c3ccc(CS(=O)(=O)c4ccc(CC(C)C)cc4)o3)n2)cc1. The molecule has 0 amide bonds. The zero-order chi connectivity index (χ0) is 22.7. The van der Waals surface area contributed by atoms with Crippen molar-refractivity contribution in [1.29, 1.82) is 0 Å². The average molecular weight is 451 g/mol. The van der Waals surface area contributed by atoms with Gasteiger partial charge in [0.1, 0.15) is 11.5 Å². The van der Waals surface area contributed by atoms with Crippen LogP contribution in [0.25, 0.3) is 23.0 Å². The lowest BCUT2D eigenvalue weighted by Gasteiger charge is -2.07. The van der Waals surface area contributed by atoms with Gasteiger partial charge in [-0.25, -0.2) is 8.42 Å². The van der Waals surface area contributed by atoms with Crippen molar-refractivity contribution in [2.75, 3.05) is 0 Å². The molecule has 2 heterocycles. The van der Waals surface area contributed by atoms with Crippen molar-refractivity contribution in [2.24, 2.45) is 5.92 Å². The maximum atomic E-state index is 12.8. The van der Waals surface area contributed by atoms with Gasteiger partial charge in [0.15, 0.2) is 15.6 Å². The van der Waals surface area contributed by atoms with Gasteiger partial charge in [-0.3, -0.25) is 0 Å². The molecule has 6 nitrogen and oxygen atoms in total.